The first-order valence-corrected chi connectivity index (χ1v) is 6.94. The van der Waals surface area contributed by atoms with Gasteiger partial charge in [-0.3, -0.25) is 14.7 Å². The molecule has 7 nitrogen and oxygen atoms in total. The molecule has 3 rings (SSSR count). The monoisotopic (exact) mass is 287 g/mol. The van der Waals surface area contributed by atoms with Crippen LogP contribution in [0.5, 0.6) is 5.88 Å². The third-order valence-corrected chi connectivity index (χ3v) is 3.52. The van der Waals surface area contributed by atoms with Crippen molar-refractivity contribution in [3.05, 3.63) is 29.2 Å². The highest BCUT2D eigenvalue weighted by Crippen LogP contribution is 2.20. The minimum Gasteiger partial charge on any atom is -0.480 e. The molecule has 110 valence electrons. The van der Waals surface area contributed by atoms with Crippen LogP contribution >= 0.6 is 0 Å². The number of hydrogen-bond acceptors (Lipinski definition) is 5. The Balaban J connectivity index is 1.85. The van der Waals surface area contributed by atoms with Crippen molar-refractivity contribution in [2.24, 2.45) is 0 Å². The molecule has 1 aliphatic rings. The molecule has 21 heavy (non-hydrogen) atoms. The highest BCUT2D eigenvalue weighted by molar-refractivity contribution is 6.05. The van der Waals surface area contributed by atoms with Crippen molar-refractivity contribution >= 4 is 11.9 Å². The van der Waals surface area contributed by atoms with Crippen LogP contribution in [-0.4, -0.2) is 32.8 Å². The molecule has 1 N–H and O–H groups in total. The quantitative estimate of drug-likeness (QED) is 0.926. The highest BCUT2D eigenvalue weighted by atomic mass is 16.5. The van der Waals surface area contributed by atoms with Crippen LogP contribution in [0.3, 0.4) is 0 Å². The minimum atomic E-state index is -0.292. The summed E-state index contributed by atoms with van der Waals surface area (Å²) in [7, 11) is 1.50. The molecule has 2 aromatic rings. The molecule has 0 unspecified atom stereocenters. The fraction of sp³-hybridized carbons (Fsp3) is 0.429. The van der Waals surface area contributed by atoms with Crippen LogP contribution in [0.4, 0.5) is 5.95 Å². The van der Waals surface area contributed by atoms with E-state index in [2.05, 4.69) is 20.5 Å². The van der Waals surface area contributed by atoms with Gasteiger partial charge >= 0.3 is 0 Å². The molecule has 0 bridgehead atoms. The number of pyridine rings is 1. The Bertz CT molecular complexity index is 680. The molecule has 7 heteroatoms. The molecule has 1 amide bonds. The van der Waals surface area contributed by atoms with Crippen molar-refractivity contribution in [3.63, 3.8) is 0 Å². The normalized spacial score (nSPS) is 13.6. The first-order valence-electron chi connectivity index (χ1n) is 6.94. The number of anilines is 1. The summed E-state index contributed by atoms with van der Waals surface area (Å²) in [5.74, 6) is 1.42. The summed E-state index contributed by atoms with van der Waals surface area (Å²) in [6.45, 7) is 2.68. The zero-order chi connectivity index (χ0) is 14.8. The number of ether oxygens (including phenoxy) is 1. The Kier molecular flexibility index (Phi) is 3.55. The fourth-order valence-corrected chi connectivity index (χ4v) is 2.43. The van der Waals surface area contributed by atoms with Gasteiger partial charge in [-0.15, -0.1) is 10.2 Å². The van der Waals surface area contributed by atoms with E-state index in [9.17, 15) is 4.79 Å². The summed E-state index contributed by atoms with van der Waals surface area (Å²) in [5, 5.41) is 11.0. The molecule has 0 radical (unpaired) electrons. The molecule has 0 saturated heterocycles. The molecule has 0 spiro atoms. The first-order chi connectivity index (χ1) is 10.2. The Labute approximate surface area is 122 Å². The number of aryl methyl sites for hydroxylation is 2. The SMILES string of the molecule is COc1nc(C)ccc1C(=O)Nc1nnc2n1CCCC2. The van der Waals surface area contributed by atoms with Gasteiger partial charge in [0, 0.05) is 18.7 Å². The van der Waals surface area contributed by atoms with E-state index >= 15 is 0 Å². The number of carbonyl (C=O) groups is 1. The lowest BCUT2D eigenvalue weighted by Crippen LogP contribution is -2.19. The van der Waals surface area contributed by atoms with Gasteiger partial charge in [0.2, 0.25) is 11.8 Å². The molecular formula is C14H17N5O2. The Morgan fingerprint density at radius 3 is 3.00 bits per heavy atom. The largest absolute Gasteiger partial charge is 0.480 e. The zero-order valence-corrected chi connectivity index (χ0v) is 12.1. The number of nitrogens with one attached hydrogen (secondary N) is 1. The van der Waals surface area contributed by atoms with Crippen LogP contribution in [0.25, 0.3) is 0 Å². The topological polar surface area (TPSA) is 81.9 Å². The van der Waals surface area contributed by atoms with Crippen LogP contribution in [0.2, 0.25) is 0 Å². The Morgan fingerprint density at radius 2 is 2.19 bits per heavy atom. The van der Waals surface area contributed by atoms with Gasteiger partial charge in [-0.05, 0) is 31.9 Å². The molecule has 0 aromatic carbocycles. The summed E-state index contributed by atoms with van der Waals surface area (Å²) in [5.41, 5.74) is 1.18. The van der Waals surface area contributed by atoms with Crippen LogP contribution < -0.4 is 10.1 Å². The van der Waals surface area contributed by atoms with E-state index in [1.165, 1.54) is 7.11 Å². The summed E-state index contributed by atoms with van der Waals surface area (Å²) >= 11 is 0. The fourth-order valence-electron chi connectivity index (χ4n) is 2.43. The second kappa shape index (κ2) is 5.51. The van der Waals surface area contributed by atoms with Crippen LogP contribution in [-0.2, 0) is 13.0 Å². The van der Waals surface area contributed by atoms with Gasteiger partial charge in [0.05, 0.1) is 7.11 Å². The van der Waals surface area contributed by atoms with E-state index in [4.69, 9.17) is 4.74 Å². The van der Waals surface area contributed by atoms with Gasteiger partial charge in [0.25, 0.3) is 5.91 Å². The van der Waals surface area contributed by atoms with Crippen LogP contribution in [0, 0.1) is 6.92 Å². The number of rotatable bonds is 3. The number of fused-ring (bicyclic) bond motifs is 1. The minimum absolute atomic E-state index is 0.292. The van der Waals surface area contributed by atoms with Crippen molar-refractivity contribution in [2.75, 3.05) is 12.4 Å². The number of methoxy groups -OCH3 is 1. The molecule has 3 heterocycles. The average molecular weight is 287 g/mol. The predicted octanol–water partition coefficient (Wildman–Crippen LogP) is 1.58. The Morgan fingerprint density at radius 1 is 1.33 bits per heavy atom. The second-order valence-corrected chi connectivity index (χ2v) is 5.01. The lowest BCUT2D eigenvalue weighted by molar-refractivity contribution is 0.102. The van der Waals surface area contributed by atoms with Crippen LogP contribution in [0.1, 0.15) is 34.7 Å². The van der Waals surface area contributed by atoms with Crippen molar-refractivity contribution in [1.29, 1.82) is 0 Å². The summed E-state index contributed by atoms with van der Waals surface area (Å²) in [6, 6.07) is 3.47. The van der Waals surface area contributed by atoms with Crippen molar-refractivity contribution in [1.82, 2.24) is 19.7 Å². The standard InChI is InChI=1S/C14H17N5O2/c1-9-6-7-10(13(15-9)21-2)12(20)16-14-18-17-11-5-3-4-8-19(11)14/h6-7H,3-5,8H2,1-2H3,(H,16,18,20). The molecular weight excluding hydrogens is 270 g/mol. The van der Waals surface area contributed by atoms with E-state index in [-0.39, 0.29) is 5.91 Å². The number of aromatic nitrogens is 4. The maximum absolute atomic E-state index is 12.4. The molecule has 0 fully saturated rings. The summed E-state index contributed by atoms with van der Waals surface area (Å²) in [4.78, 5) is 16.6. The third kappa shape index (κ3) is 2.58. The van der Waals surface area contributed by atoms with E-state index in [1.54, 1.807) is 12.1 Å². The second-order valence-electron chi connectivity index (χ2n) is 5.01. The smallest absolute Gasteiger partial charge is 0.263 e. The van der Waals surface area contributed by atoms with Crippen molar-refractivity contribution in [2.45, 2.75) is 32.7 Å². The van der Waals surface area contributed by atoms with E-state index in [0.29, 0.717) is 17.4 Å². The van der Waals surface area contributed by atoms with Gasteiger partial charge in [-0.2, -0.15) is 0 Å². The number of hydrogen-bond donors (Lipinski definition) is 1. The molecule has 0 saturated carbocycles. The molecule has 0 atom stereocenters. The van der Waals surface area contributed by atoms with Crippen molar-refractivity contribution in [3.8, 4) is 5.88 Å². The molecule has 1 aliphatic heterocycles. The van der Waals surface area contributed by atoms with Gasteiger partial charge in [-0.25, -0.2) is 4.98 Å². The number of amides is 1. The van der Waals surface area contributed by atoms with E-state index < -0.39 is 0 Å². The molecule has 2 aromatic heterocycles. The average Bonchev–Trinajstić information content (AvgIpc) is 2.90. The maximum Gasteiger partial charge on any atom is 0.263 e. The highest BCUT2D eigenvalue weighted by Gasteiger charge is 2.20. The number of carbonyl (C=O) groups excluding carboxylic acids is 1. The van der Waals surface area contributed by atoms with Gasteiger partial charge in [-0.1, -0.05) is 0 Å². The van der Waals surface area contributed by atoms with E-state index in [0.717, 1.165) is 37.3 Å². The predicted molar refractivity (Wildman–Crippen MR) is 76.4 cm³/mol. The van der Waals surface area contributed by atoms with Gasteiger partial charge < -0.3 is 4.74 Å². The van der Waals surface area contributed by atoms with Crippen LogP contribution in [0.15, 0.2) is 12.1 Å². The van der Waals surface area contributed by atoms with Crippen molar-refractivity contribution < 1.29 is 9.53 Å². The van der Waals surface area contributed by atoms with Gasteiger partial charge in [0.15, 0.2) is 0 Å². The summed E-state index contributed by atoms with van der Waals surface area (Å²) < 4.78 is 7.12. The molecule has 0 aliphatic carbocycles. The Hall–Kier alpha value is -2.44. The third-order valence-electron chi connectivity index (χ3n) is 3.52. The lowest BCUT2D eigenvalue weighted by atomic mass is 10.2. The number of nitrogens with zero attached hydrogens (tertiary/aromatic N) is 4. The van der Waals surface area contributed by atoms with E-state index in [1.807, 2.05) is 11.5 Å². The zero-order valence-electron chi connectivity index (χ0n) is 12.1. The maximum atomic E-state index is 12.4. The summed E-state index contributed by atoms with van der Waals surface area (Å²) in [6.07, 6.45) is 3.09. The lowest BCUT2D eigenvalue weighted by Gasteiger charge is -2.15. The van der Waals surface area contributed by atoms with Gasteiger partial charge in [0.1, 0.15) is 11.4 Å². The first kappa shape index (κ1) is 13.5.